The lowest BCUT2D eigenvalue weighted by molar-refractivity contribution is 0.0693. The molecule has 0 saturated carbocycles. The number of aryl methyl sites for hydroxylation is 3. The van der Waals surface area contributed by atoms with E-state index in [1.165, 1.54) is 46.0 Å². The van der Waals surface area contributed by atoms with E-state index in [0.29, 0.717) is 5.56 Å². The van der Waals surface area contributed by atoms with Gasteiger partial charge >= 0.3 is 5.97 Å². The topological polar surface area (TPSA) is 50.2 Å². The number of carboxylic acid groups (broad SMARTS) is 1. The van der Waals surface area contributed by atoms with Gasteiger partial charge in [0.2, 0.25) is 0 Å². The second kappa shape index (κ2) is 9.03. The van der Waals surface area contributed by atoms with Crippen LogP contribution in [0.4, 0.5) is 0 Å². The Bertz CT molecular complexity index is 1270. The summed E-state index contributed by atoms with van der Waals surface area (Å²) in [6, 6.07) is 17.7. The highest BCUT2D eigenvalue weighted by Crippen LogP contribution is 2.47. The molecule has 0 radical (unpaired) electrons. The SMILES string of the molecule is Cc1nc2sc3c(c2c(-c2ccccc2)c1Sc1ccccc1C(=O)O)CCCC3.Cl. The van der Waals surface area contributed by atoms with E-state index in [1.54, 1.807) is 12.1 Å². The zero-order valence-corrected chi connectivity index (χ0v) is 19.5. The largest absolute Gasteiger partial charge is 0.478 e. The molecule has 0 unspecified atom stereocenters. The van der Waals surface area contributed by atoms with Crippen LogP contribution < -0.4 is 0 Å². The number of carboxylic acids is 1. The fraction of sp³-hybridized carbons (Fsp3) is 0.200. The zero-order chi connectivity index (χ0) is 20.7. The molecule has 158 valence electrons. The van der Waals surface area contributed by atoms with Crippen LogP contribution in [0.5, 0.6) is 0 Å². The molecule has 0 atom stereocenters. The average Bonchev–Trinajstić information content (AvgIpc) is 3.13. The third-order valence-electron chi connectivity index (χ3n) is 5.62. The molecule has 6 heteroatoms. The summed E-state index contributed by atoms with van der Waals surface area (Å²) < 4.78 is 0. The molecule has 4 aromatic rings. The van der Waals surface area contributed by atoms with Crippen LogP contribution in [0.1, 0.15) is 39.3 Å². The number of benzene rings is 2. The van der Waals surface area contributed by atoms with Crippen LogP contribution in [0.3, 0.4) is 0 Å². The molecule has 3 nitrogen and oxygen atoms in total. The van der Waals surface area contributed by atoms with E-state index in [4.69, 9.17) is 4.98 Å². The van der Waals surface area contributed by atoms with Gasteiger partial charge in [-0.15, -0.1) is 23.7 Å². The molecule has 1 aliphatic carbocycles. The maximum absolute atomic E-state index is 11.8. The van der Waals surface area contributed by atoms with Gasteiger partial charge in [0.25, 0.3) is 0 Å². The van der Waals surface area contributed by atoms with Crippen LogP contribution >= 0.6 is 35.5 Å². The lowest BCUT2D eigenvalue weighted by Gasteiger charge is -2.17. The number of carbonyl (C=O) groups is 1. The first-order chi connectivity index (χ1) is 14.6. The average molecular weight is 468 g/mol. The molecule has 0 amide bonds. The highest BCUT2D eigenvalue weighted by molar-refractivity contribution is 7.99. The maximum Gasteiger partial charge on any atom is 0.336 e. The summed E-state index contributed by atoms with van der Waals surface area (Å²) in [4.78, 5) is 21.1. The molecule has 1 aliphatic rings. The Kier molecular flexibility index (Phi) is 6.37. The standard InChI is InChI=1S/C25H21NO2S2.ClH/c1-15-23(29-20-14-8-6-12-18(20)25(27)28)21(16-9-3-2-4-10-16)22-17-11-5-7-13-19(17)30-24(22)26-15;/h2-4,6,8-10,12,14H,5,7,11,13H2,1H3,(H,27,28);1H. The maximum atomic E-state index is 11.8. The number of hydrogen-bond donors (Lipinski definition) is 1. The van der Waals surface area contributed by atoms with E-state index in [2.05, 4.69) is 24.3 Å². The number of hydrogen-bond acceptors (Lipinski definition) is 4. The Balaban J connectivity index is 0.00000231. The second-order valence-corrected chi connectivity index (χ2v) is 9.70. The molecule has 31 heavy (non-hydrogen) atoms. The van der Waals surface area contributed by atoms with Crippen LogP contribution in [0, 0.1) is 6.92 Å². The first kappa shape index (κ1) is 21.9. The summed E-state index contributed by atoms with van der Waals surface area (Å²) in [5, 5.41) is 10.9. The van der Waals surface area contributed by atoms with Gasteiger partial charge in [0.15, 0.2) is 0 Å². The van der Waals surface area contributed by atoms with Crippen molar-refractivity contribution in [3.05, 3.63) is 76.3 Å². The smallest absolute Gasteiger partial charge is 0.336 e. The Hall–Kier alpha value is -2.34. The predicted octanol–water partition coefficient (Wildman–Crippen LogP) is 7.42. The van der Waals surface area contributed by atoms with Gasteiger partial charge in [-0.3, -0.25) is 0 Å². The van der Waals surface area contributed by atoms with E-state index in [-0.39, 0.29) is 12.4 Å². The first-order valence-electron chi connectivity index (χ1n) is 10.1. The third-order valence-corrected chi connectivity index (χ3v) is 8.08. The van der Waals surface area contributed by atoms with Crippen LogP contribution in [-0.2, 0) is 12.8 Å². The molecular formula is C25H22ClNO2S2. The molecule has 2 aromatic carbocycles. The van der Waals surface area contributed by atoms with Crippen molar-refractivity contribution in [3.8, 4) is 11.1 Å². The van der Waals surface area contributed by atoms with Gasteiger partial charge in [-0.2, -0.15) is 0 Å². The van der Waals surface area contributed by atoms with Crippen molar-refractivity contribution in [2.75, 3.05) is 0 Å². The van der Waals surface area contributed by atoms with Crippen molar-refractivity contribution < 1.29 is 9.90 Å². The highest BCUT2D eigenvalue weighted by Gasteiger charge is 2.24. The lowest BCUT2D eigenvalue weighted by Crippen LogP contribution is -2.01. The molecule has 0 bridgehead atoms. The minimum Gasteiger partial charge on any atom is -0.478 e. The number of fused-ring (bicyclic) bond motifs is 3. The summed E-state index contributed by atoms with van der Waals surface area (Å²) in [6.07, 6.45) is 4.68. The third kappa shape index (κ3) is 3.98. The number of halogens is 1. The highest BCUT2D eigenvalue weighted by atomic mass is 35.5. The zero-order valence-electron chi connectivity index (χ0n) is 17.1. The number of aromatic carboxylic acids is 1. The minimum atomic E-state index is -0.904. The van der Waals surface area contributed by atoms with Gasteiger partial charge in [0.05, 0.1) is 11.3 Å². The predicted molar refractivity (Wildman–Crippen MR) is 131 cm³/mol. The summed E-state index contributed by atoms with van der Waals surface area (Å²) in [7, 11) is 0. The summed E-state index contributed by atoms with van der Waals surface area (Å²) in [6.45, 7) is 2.04. The number of rotatable bonds is 4. The monoisotopic (exact) mass is 467 g/mol. The number of pyridine rings is 1. The summed E-state index contributed by atoms with van der Waals surface area (Å²) in [5.41, 5.74) is 5.08. The van der Waals surface area contributed by atoms with Crippen molar-refractivity contribution in [2.45, 2.75) is 42.4 Å². The van der Waals surface area contributed by atoms with Gasteiger partial charge < -0.3 is 5.11 Å². The van der Waals surface area contributed by atoms with Gasteiger partial charge in [-0.05, 0) is 55.9 Å². The first-order valence-corrected chi connectivity index (χ1v) is 11.8. The molecule has 2 aromatic heterocycles. The summed E-state index contributed by atoms with van der Waals surface area (Å²) in [5.74, 6) is -0.904. The molecule has 2 heterocycles. The van der Waals surface area contributed by atoms with Gasteiger partial charge in [-0.1, -0.05) is 54.2 Å². The van der Waals surface area contributed by atoms with E-state index >= 15 is 0 Å². The van der Waals surface area contributed by atoms with Crippen LogP contribution in [0.25, 0.3) is 21.3 Å². The van der Waals surface area contributed by atoms with E-state index < -0.39 is 5.97 Å². The Morgan fingerprint density at radius 3 is 2.52 bits per heavy atom. The van der Waals surface area contributed by atoms with E-state index in [1.807, 2.05) is 36.5 Å². The van der Waals surface area contributed by atoms with Crippen LogP contribution in [-0.4, -0.2) is 16.1 Å². The number of aromatic nitrogens is 1. The van der Waals surface area contributed by atoms with Crippen LogP contribution in [0.15, 0.2) is 64.4 Å². The van der Waals surface area contributed by atoms with Gasteiger partial charge in [0, 0.05) is 25.6 Å². The quantitative estimate of drug-likeness (QED) is 0.339. The minimum absolute atomic E-state index is 0. The molecule has 0 saturated heterocycles. The Morgan fingerprint density at radius 1 is 1.03 bits per heavy atom. The van der Waals surface area contributed by atoms with Crippen molar-refractivity contribution in [1.82, 2.24) is 4.98 Å². The molecule has 1 N–H and O–H groups in total. The van der Waals surface area contributed by atoms with Crippen molar-refractivity contribution in [3.63, 3.8) is 0 Å². The van der Waals surface area contributed by atoms with Gasteiger partial charge in [-0.25, -0.2) is 9.78 Å². The van der Waals surface area contributed by atoms with Crippen molar-refractivity contribution >= 4 is 51.7 Å². The molecule has 0 aliphatic heterocycles. The fourth-order valence-corrected chi connectivity index (χ4v) is 6.70. The number of thiophene rings is 1. The molecule has 0 spiro atoms. The number of nitrogens with zero attached hydrogens (tertiary/aromatic N) is 1. The second-order valence-electron chi connectivity index (χ2n) is 7.56. The molecule has 0 fully saturated rings. The normalized spacial score (nSPS) is 12.9. The Morgan fingerprint density at radius 2 is 1.74 bits per heavy atom. The lowest BCUT2D eigenvalue weighted by atomic mass is 9.92. The van der Waals surface area contributed by atoms with Gasteiger partial charge in [0.1, 0.15) is 4.83 Å². The molecular weight excluding hydrogens is 446 g/mol. The van der Waals surface area contributed by atoms with E-state index in [0.717, 1.165) is 38.7 Å². The van der Waals surface area contributed by atoms with Crippen molar-refractivity contribution in [1.29, 1.82) is 0 Å². The van der Waals surface area contributed by atoms with E-state index in [9.17, 15) is 9.90 Å². The van der Waals surface area contributed by atoms with Crippen molar-refractivity contribution in [2.24, 2.45) is 0 Å². The summed E-state index contributed by atoms with van der Waals surface area (Å²) >= 11 is 3.35. The molecule has 5 rings (SSSR count). The fourth-order valence-electron chi connectivity index (χ4n) is 4.23. The Labute approximate surface area is 196 Å². The van der Waals surface area contributed by atoms with Crippen LogP contribution in [0.2, 0.25) is 0 Å².